The Hall–Kier alpha value is -1.62. The quantitative estimate of drug-likeness (QED) is 0.873. The van der Waals surface area contributed by atoms with Crippen LogP contribution in [0.25, 0.3) is 0 Å². The number of nitrogens with two attached hydrogens (primary N) is 1. The van der Waals surface area contributed by atoms with Crippen molar-refractivity contribution in [2.24, 2.45) is 0 Å². The van der Waals surface area contributed by atoms with Crippen molar-refractivity contribution in [2.45, 2.75) is 6.61 Å². The van der Waals surface area contributed by atoms with Crippen LogP contribution in [0.15, 0.2) is 40.9 Å². The van der Waals surface area contributed by atoms with E-state index in [-0.39, 0.29) is 6.61 Å². The minimum Gasteiger partial charge on any atom is -0.489 e. The highest BCUT2D eigenvalue weighted by Crippen LogP contribution is 2.23. The van der Waals surface area contributed by atoms with Crippen LogP contribution in [0.2, 0.25) is 0 Å². The molecular formula is C13H10BrF2NO. The third kappa shape index (κ3) is 3.20. The van der Waals surface area contributed by atoms with Gasteiger partial charge >= 0.3 is 0 Å². The summed E-state index contributed by atoms with van der Waals surface area (Å²) in [5, 5.41) is 0. The van der Waals surface area contributed by atoms with Crippen LogP contribution in [0, 0.1) is 11.6 Å². The molecule has 18 heavy (non-hydrogen) atoms. The summed E-state index contributed by atoms with van der Waals surface area (Å²) in [5.74, 6) is -1.19. The molecule has 0 amide bonds. The van der Waals surface area contributed by atoms with Crippen molar-refractivity contribution in [1.29, 1.82) is 0 Å². The maximum Gasteiger partial charge on any atom is 0.159 e. The van der Waals surface area contributed by atoms with Gasteiger partial charge in [-0.15, -0.1) is 0 Å². The van der Waals surface area contributed by atoms with Crippen molar-refractivity contribution in [2.75, 3.05) is 5.73 Å². The van der Waals surface area contributed by atoms with Gasteiger partial charge in [0.05, 0.1) is 0 Å². The Labute approximate surface area is 112 Å². The molecule has 0 unspecified atom stereocenters. The Kier molecular flexibility index (Phi) is 3.81. The summed E-state index contributed by atoms with van der Waals surface area (Å²) >= 11 is 3.29. The summed E-state index contributed by atoms with van der Waals surface area (Å²) in [7, 11) is 0. The van der Waals surface area contributed by atoms with Gasteiger partial charge in [0.2, 0.25) is 0 Å². The lowest BCUT2D eigenvalue weighted by Gasteiger charge is -2.08. The molecule has 0 aliphatic carbocycles. The maximum atomic E-state index is 13.0. The number of hydrogen-bond acceptors (Lipinski definition) is 2. The topological polar surface area (TPSA) is 35.2 Å². The van der Waals surface area contributed by atoms with Gasteiger partial charge < -0.3 is 10.5 Å². The van der Waals surface area contributed by atoms with Crippen molar-refractivity contribution in [1.82, 2.24) is 0 Å². The summed E-state index contributed by atoms with van der Waals surface area (Å²) in [5.41, 5.74) is 6.76. The summed E-state index contributed by atoms with van der Waals surface area (Å²) < 4.78 is 31.9. The van der Waals surface area contributed by atoms with Crippen LogP contribution < -0.4 is 10.5 Å². The van der Waals surface area contributed by atoms with Crippen molar-refractivity contribution in [3.8, 4) is 5.75 Å². The van der Waals surface area contributed by atoms with E-state index in [0.717, 1.165) is 16.6 Å². The molecule has 0 heterocycles. The first kappa shape index (κ1) is 12.8. The summed E-state index contributed by atoms with van der Waals surface area (Å²) in [6.45, 7) is 0.146. The van der Waals surface area contributed by atoms with E-state index in [9.17, 15) is 8.78 Å². The molecule has 0 spiro atoms. The molecule has 2 N–H and O–H groups in total. The molecule has 2 aromatic carbocycles. The fraction of sp³-hybridized carbons (Fsp3) is 0.0769. The highest BCUT2D eigenvalue weighted by atomic mass is 79.9. The van der Waals surface area contributed by atoms with Crippen molar-refractivity contribution < 1.29 is 13.5 Å². The van der Waals surface area contributed by atoms with Gasteiger partial charge in [-0.1, -0.05) is 22.0 Å². The molecule has 94 valence electrons. The normalized spacial score (nSPS) is 10.4. The fourth-order valence-electron chi connectivity index (χ4n) is 1.46. The minimum atomic E-state index is -0.884. The van der Waals surface area contributed by atoms with E-state index in [0.29, 0.717) is 17.0 Å². The van der Waals surface area contributed by atoms with Crippen LogP contribution >= 0.6 is 15.9 Å². The summed E-state index contributed by atoms with van der Waals surface area (Å²) in [6.07, 6.45) is 0. The van der Waals surface area contributed by atoms with E-state index >= 15 is 0 Å². The Balaban J connectivity index is 2.08. The van der Waals surface area contributed by atoms with Crippen molar-refractivity contribution in [3.63, 3.8) is 0 Å². The molecule has 0 radical (unpaired) electrons. The molecule has 2 aromatic rings. The number of ether oxygens (including phenoxy) is 1. The molecular weight excluding hydrogens is 304 g/mol. The number of halogens is 3. The SMILES string of the molecule is Nc1cc(Br)cc(OCc2ccc(F)c(F)c2)c1. The van der Waals surface area contributed by atoms with Gasteiger partial charge in [0, 0.05) is 16.2 Å². The largest absolute Gasteiger partial charge is 0.489 e. The second-order valence-corrected chi connectivity index (χ2v) is 4.67. The van der Waals surface area contributed by atoms with E-state index < -0.39 is 11.6 Å². The summed E-state index contributed by atoms with van der Waals surface area (Å²) in [4.78, 5) is 0. The van der Waals surface area contributed by atoms with Crippen LogP contribution in [0.1, 0.15) is 5.56 Å². The van der Waals surface area contributed by atoms with E-state index in [1.165, 1.54) is 6.07 Å². The first-order valence-electron chi connectivity index (χ1n) is 5.17. The maximum absolute atomic E-state index is 13.0. The molecule has 0 fully saturated rings. The molecule has 0 bridgehead atoms. The van der Waals surface area contributed by atoms with Gasteiger partial charge in [-0.05, 0) is 29.8 Å². The standard InChI is InChI=1S/C13H10BrF2NO/c14-9-4-10(17)6-11(5-9)18-7-8-1-2-12(15)13(16)3-8/h1-6H,7,17H2. The first-order valence-corrected chi connectivity index (χ1v) is 5.97. The molecule has 0 saturated heterocycles. The molecule has 0 aliphatic heterocycles. The van der Waals surface area contributed by atoms with Crippen LogP contribution in [0.4, 0.5) is 14.5 Å². The Morgan fingerprint density at radius 1 is 1.06 bits per heavy atom. The highest BCUT2D eigenvalue weighted by molar-refractivity contribution is 9.10. The molecule has 0 aromatic heterocycles. The number of hydrogen-bond donors (Lipinski definition) is 1. The molecule has 0 saturated carbocycles. The minimum absolute atomic E-state index is 0.146. The third-order valence-corrected chi connectivity index (χ3v) is 2.74. The zero-order valence-electron chi connectivity index (χ0n) is 9.29. The number of rotatable bonds is 3. The van der Waals surface area contributed by atoms with E-state index in [4.69, 9.17) is 10.5 Å². The van der Waals surface area contributed by atoms with Gasteiger partial charge in [-0.3, -0.25) is 0 Å². The van der Waals surface area contributed by atoms with E-state index in [1.54, 1.807) is 18.2 Å². The van der Waals surface area contributed by atoms with Crippen molar-refractivity contribution in [3.05, 3.63) is 58.1 Å². The molecule has 2 rings (SSSR count). The highest BCUT2D eigenvalue weighted by Gasteiger charge is 2.04. The second-order valence-electron chi connectivity index (χ2n) is 3.76. The van der Waals surface area contributed by atoms with Crippen LogP contribution in [-0.2, 0) is 6.61 Å². The van der Waals surface area contributed by atoms with Crippen LogP contribution in [0.3, 0.4) is 0 Å². The zero-order valence-corrected chi connectivity index (χ0v) is 10.9. The van der Waals surface area contributed by atoms with Crippen molar-refractivity contribution >= 4 is 21.6 Å². The Bertz CT molecular complexity index is 555. The monoisotopic (exact) mass is 313 g/mol. The smallest absolute Gasteiger partial charge is 0.159 e. The van der Waals surface area contributed by atoms with E-state index in [1.807, 2.05) is 0 Å². The number of nitrogen functional groups attached to an aromatic ring is 1. The zero-order chi connectivity index (χ0) is 13.1. The lowest BCUT2D eigenvalue weighted by atomic mass is 10.2. The van der Waals surface area contributed by atoms with E-state index in [2.05, 4.69) is 15.9 Å². The average Bonchev–Trinajstić information content (AvgIpc) is 2.29. The third-order valence-electron chi connectivity index (χ3n) is 2.28. The number of anilines is 1. The Morgan fingerprint density at radius 3 is 2.50 bits per heavy atom. The molecule has 0 aliphatic rings. The van der Waals surface area contributed by atoms with Crippen LogP contribution in [-0.4, -0.2) is 0 Å². The summed E-state index contributed by atoms with van der Waals surface area (Å²) in [6, 6.07) is 8.80. The first-order chi connectivity index (χ1) is 8.54. The van der Waals surface area contributed by atoms with Gasteiger partial charge in [-0.2, -0.15) is 0 Å². The number of benzene rings is 2. The predicted molar refractivity (Wildman–Crippen MR) is 69.2 cm³/mol. The van der Waals surface area contributed by atoms with Gasteiger partial charge in [-0.25, -0.2) is 8.78 Å². The van der Waals surface area contributed by atoms with Gasteiger partial charge in [0.15, 0.2) is 11.6 Å². The predicted octanol–water partition coefficient (Wildman–Crippen LogP) is 3.89. The van der Waals surface area contributed by atoms with Crippen LogP contribution in [0.5, 0.6) is 5.75 Å². The molecule has 0 atom stereocenters. The fourth-order valence-corrected chi connectivity index (χ4v) is 1.95. The molecule has 5 heteroatoms. The Morgan fingerprint density at radius 2 is 1.83 bits per heavy atom. The lowest BCUT2D eigenvalue weighted by Crippen LogP contribution is -1.98. The molecule has 2 nitrogen and oxygen atoms in total. The lowest BCUT2D eigenvalue weighted by molar-refractivity contribution is 0.305. The van der Waals surface area contributed by atoms with Gasteiger partial charge in [0.25, 0.3) is 0 Å². The average molecular weight is 314 g/mol. The van der Waals surface area contributed by atoms with Gasteiger partial charge in [0.1, 0.15) is 12.4 Å². The second kappa shape index (κ2) is 5.35.